The van der Waals surface area contributed by atoms with Gasteiger partial charge in [0, 0.05) is 22.9 Å². The van der Waals surface area contributed by atoms with Crippen LogP contribution in [0.15, 0.2) is 110 Å². The number of hydrogen-bond donors (Lipinski definition) is 1. The van der Waals surface area contributed by atoms with E-state index in [1.165, 1.54) is 12.1 Å². The minimum absolute atomic E-state index is 0.272. The summed E-state index contributed by atoms with van der Waals surface area (Å²) in [5, 5.41) is 3.06. The number of amides is 1. The topological polar surface area (TPSA) is 55.6 Å². The zero-order chi connectivity index (χ0) is 27.0. The Morgan fingerprint density at radius 1 is 0.923 bits per heavy atom. The summed E-state index contributed by atoms with van der Waals surface area (Å²) in [5.74, 6) is 0.0871. The van der Waals surface area contributed by atoms with Crippen LogP contribution in [-0.2, 0) is 10.3 Å². The van der Waals surface area contributed by atoms with Gasteiger partial charge in [-0.25, -0.2) is 14.2 Å². The average Bonchev–Trinajstić information content (AvgIpc) is 3.31. The molecule has 0 radical (unpaired) electrons. The molecule has 0 aliphatic heterocycles. The average molecular weight is 518 g/mol. The Balaban J connectivity index is 1.45. The van der Waals surface area contributed by atoms with Gasteiger partial charge in [-0.15, -0.1) is 0 Å². The summed E-state index contributed by atoms with van der Waals surface area (Å²) in [4.78, 5) is 17.5. The van der Waals surface area contributed by atoms with E-state index >= 15 is 0 Å². The van der Waals surface area contributed by atoms with Gasteiger partial charge in [0.2, 0.25) is 0 Å². The van der Waals surface area contributed by atoms with E-state index in [-0.39, 0.29) is 5.82 Å². The molecule has 3 aromatic carbocycles. The number of fused-ring (bicyclic) bond motifs is 1. The molecule has 1 amide bonds. The van der Waals surface area contributed by atoms with Crippen molar-refractivity contribution in [2.75, 3.05) is 0 Å². The molecule has 1 N–H and O–H groups in total. The van der Waals surface area contributed by atoms with Crippen LogP contribution in [0, 0.1) is 5.82 Å². The number of pyridine rings is 1. The first-order chi connectivity index (χ1) is 18.9. The number of carbonyl (C=O) groups excluding carboxylic acids is 1. The molecule has 1 saturated carbocycles. The van der Waals surface area contributed by atoms with Crippen LogP contribution in [0.5, 0.6) is 0 Å². The molecule has 1 aliphatic carbocycles. The molecule has 0 unspecified atom stereocenters. The molecule has 0 spiro atoms. The fourth-order valence-corrected chi connectivity index (χ4v) is 5.34. The van der Waals surface area contributed by atoms with Crippen LogP contribution in [0.25, 0.3) is 39.3 Å². The third-order valence-corrected chi connectivity index (χ3v) is 7.38. The number of hydrogen-bond acceptors (Lipinski definition) is 3. The van der Waals surface area contributed by atoms with Crippen molar-refractivity contribution >= 4 is 11.7 Å². The van der Waals surface area contributed by atoms with Gasteiger partial charge < -0.3 is 10.1 Å². The summed E-state index contributed by atoms with van der Waals surface area (Å²) >= 11 is 0. The molecule has 6 heteroatoms. The zero-order valence-electron chi connectivity index (χ0n) is 21.7. The third kappa shape index (κ3) is 4.59. The third-order valence-electron chi connectivity index (χ3n) is 7.38. The molecule has 6 rings (SSSR count). The highest BCUT2D eigenvalue weighted by molar-refractivity contribution is 5.87. The maximum atomic E-state index is 13.6. The molecule has 1 aliphatic rings. The Kier molecular flexibility index (Phi) is 6.23. The minimum atomic E-state index is -0.480. The van der Waals surface area contributed by atoms with E-state index in [2.05, 4.69) is 52.7 Å². The van der Waals surface area contributed by atoms with Gasteiger partial charge >= 0.3 is 6.09 Å². The Labute approximate surface area is 226 Å². The lowest BCUT2D eigenvalue weighted by molar-refractivity contribution is 0.132. The van der Waals surface area contributed by atoms with Gasteiger partial charge in [-0.1, -0.05) is 73.3 Å². The van der Waals surface area contributed by atoms with Crippen molar-refractivity contribution in [3.8, 4) is 33.6 Å². The summed E-state index contributed by atoms with van der Waals surface area (Å²) in [5.41, 5.74) is 7.03. The molecule has 2 heterocycles. The van der Waals surface area contributed by atoms with E-state index in [0.29, 0.717) is 5.76 Å². The van der Waals surface area contributed by atoms with Crippen LogP contribution < -0.4 is 5.32 Å². The summed E-state index contributed by atoms with van der Waals surface area (Å²) in [7, 11) is 0. The van der Waals surface area contributed by atoms with Crippen molar-refractivity contribution in [1.82, 2.24) is 14.7 Å². The zero-order valence-corrected chi connectivity index (χ0v) is 21.7. The second-order valence-corrected chi connectivity index (χ2v) is 10.0. The number of aromatic nitrogens is 2. The number of halogens is 1. The van der Waals surface area contributed by atoms with Crippen LogP contribution in [0.3, 0.4) is 0 Å². The number of nitrogens with one attached hydrogen (secondary N) is 1. The monoisotopic (exact) mass is 517 g/mol. The van der Waals surface area contributed by atoms with Gasteiger partial charge in [0.05, 0.1) is 22.7 Å². The van der Waals surface area contributed by atoms with E-state index in [1.54, 1.807) is 19.1 Å². The van der Waals surface area contributed by atoms with Gasteiger partial charge in [-0.3, -0.25) is 4.40 Å². The molecule has 1 fully saturated rings. The number of allylic oxidation sites excluding steroid dienone is 1. The maximum absolute atomic E-state index is 13.6. The summed E-state index contributed by atoms with van der Waals surface area (Å²) in [6.07, 6.45) is 4.26. The highest BCUT2D eigenvalue weighted by Crippen LogP contribution is 2.43. The van der Waals surface area contributed by atoms with Crippen molar-refractivity contribution in [2.45, 2.75) is 31.7 Å². The largest absolute Gasteiger partial charge is 0.416 e. The van der Waals surface area contributed by atoms with E-state index in [0.717, 1.165) is 64.1 Å². The predicted molar refractivity (Wildman–Crippen MR) is 151 cm³/mol. The number of benzene rings is 3. The normalized spacial score (nSPS) is 14.0. The van der Waals surface area contributed by atoms with Gasteiger partial charge in [0.25, 0.3) is 0 Å². The van der Waals surface area contributed by atoms with E-state index in [1.807, 2.05) is 36.5 Å². The Bertz CT molecular complexity index is 1670. The molecule has 5 nitrogen and oxygen atoms in total. The van der Waals surface area contributed by atoms with Crippen molar-refractivity contribution in [3.05, 3.63) is 121 Å². The Morgan fingerprint density at radius 3 is 2.26 bits per heavy atom. The van der Waals surface area contributed by atoms with Crippen LogP contribution in [0.2, 0.25) is 0 Å². The number of carbonyl (C=O) groups is 1. The first kappa shape index (κ1) is 24.6. The lowest BCUT2D eigenvalue weighted by Gasteiger charge is -2.42. The van der Waals surface area contributed by atoms with Crippen molar-refractivity contribution < 1.29 is 13.9 Å². The maximum Gasteiger partial charge on any atom is 0.412 e. The second-order valence-electron chi connectivity index (χ2n) is 10.0. The quantitative estimate of drug-likeness (QED) is 0.232. The second kappa shape index (κ2) is 9.87. The molecule has 0 bridgehead atoms. The minimum Gasteiger partial charge on any atom is -0.416 e. The van der Waals surface area contributed by atoms with Gasteiger partial charge in [-0.2, -0.15) is 0 Å². The van der Waals surface area contributed by atoms with Gasteiger partial charge in [-0.05, 0) is 61.6 Å². The molecule has 0 atom stereocenters. The predicted octanol–water partition coefficient (Wildman–Crippen LogP) is 8.11. The Morgan fingerprint density at radius 2 is 1.62 bits per heavy atom. The number of nitrogens with zero attached hydrogens (tertiary/aromatic N) is 2. The summed E-state index contributed by atoms with van der Waals surface area (Å²) in [6, 6.07) is 28.9. The molecular formula is C33H28FN3O2. The number of alkyl carbamates (subject to hydrolysis) is 1. The smallest absolute Gasteiger partial charge is 0.412 e. The lowest BCUT2D eigenvalue weighted by atomic mass is 9.71. The highest BCUT2D eigenvalue weighted by atomic mass is 19.1. The summed E-state index contributed by atoms with van der Waals surface area (Å²) in [6.45, 7) is 5.31. The number of ether oxygens (including phenoxy) is 1. The van der Waals surface area contributed by atoms with Crippen molar-refractivity contribution in [1.29, 1.82) is 0 Å². The number of rotatable bonds is 6. The van der Waals surface area contributed by atoms with Crippen LogP contribution in [-0.4, -0.2) is 15.5 Å². The highest BCUT2D eigenvalue weighted by Gasteiger charge is 2.40. The van der Waals surface area contributed by atoms with Crippen molar-refractivity contribution in [2.24, 2.45) is 0 Å². The van der Waals surface area contributed by atoms with E-state index in [4.69, 9.17) is 9.72 Å². The fourth-order valence-electron chi connectivity index (χ4n) is 5.34. The van der Waals surface area contributed by atoms with E-state index in [9.17, 15) is 9.18 Å². The first-order valence-electron chi connectivity index (χ1n) is 13.0. The lowest BCUT2D eigenvalue weighted by Crippen LogP contribution is -2.50. The van der Waals surface area contributed by atoms with Crippen LogP contribution >= 0.6 is 0 Å². The number of imidazole rings is 1. The van der Waals surface area contributed by atoms with E-state index < -0.39 is 11.6 Å². The van der Waals surface area contributed by atoms with Gasteiger partial charge in [0.15, 0.2) is 0 Å². The summed E-state index contributed by atoms with van der Waals surface area (Å²) < 4.78 is 20.9. The fraction of sp³-hybridized carbons (Fsp3) is 0.152. The molecule has 0 saturated heterocycles. The Hall–Kier alpha value is -4.71. The SMILES string of the molecule is C=C(C)OC(=O)NC1(c2ccc(-c3nc4c(-c5ccc(F)cc5)cccn4c3-c3ccccc3)cc2)CCC1. The molecule has 39 heavy (non-hydrogen) atoms. The standard InChI is InChI=1S/C33H28FN3O2/c1-22(2)39-32(38)36-33(19-7-20-33)26-15-11-24(12-16-26)29-30(25-8-4-3-5-9-25)37-21-6-10-28(31(37)35-29)23-13-17-27(34)18-14-23/h3-6,8-18,21H,1,7,19-20H2,2H3,(H,36,38). The molecule has 5 aromatic rings. The van der Waals surface area contributed by atoms with Gasteiger partial charge in [0.1, 0.15) is 11.5 Å². The molecule has 2 aromatic heterocycles. The molecular weight excluding hydrogens is 489 g/mol. The molecule has 194 valence electrons. The van der Waals surface area contributed by atoms with Crippen molar-refractivity contribution in [3.63, 3.8) is 0 Å². The van der Waals surface area contributed by atoms with Crippen LogP contribution in [0.1, 0.15) is 31.7 Å². The van der Waals surface area contributed by atoms with Crippen LogP contribution in [0.4, 0.5) is 9.18 Å². The first-order valence-corrected chi connectivity index (χ1v) is 13.0.